The molecule has 8 nitrogen and oxygen atoms in total. The first-order chi connectivity index (χ1) is 15.0. The Balaban J connectivity index is 0.00000166. The molecule has 0 aliphatic rings. The number of benzene rings is 3. The van der Waals surface area contributed by atoms with E-state index in [0.717, 1.165) is 16.8 Å². The van der Waals surface area contributed by atoms with Crippen molar-refractivity contribution in [1.29, 1.82) is 16.5 Å². The molecule has 3 rings (SSSR count). The molecule has 0 bridgehead atoms. The smallest absolute Gasteiger partial charge is 0.248 e. The van der Waals surface area contributed by atoms with Gasteiger partial charge in [0.05, 0.1) is 11.4 Å². The molecule has 0 aromatic heterocycles. The molecule has 31 heavy (non-hydrogen) atoms. The molecule has 8 heteroatoms. The molecule has 0 heterocycles. The number of amides is 1. The van der Waals surface area contributed by atoms with E-state index in [4.69, 9.17) is 27.9 Å². The van der Waals surface area contributed by atoms with Gasteiger partial charge in [-0.25, -0.2) is 11.1 Å². The summed E-state index contributed by atoms with van der Waals surface area (Å²) < 4.78 is 0. The van der Waals surface area contributed by atoms with Crippen LogP contribution in [-0.2, 0) is 11.3 Å². The van der Waals surface area contributed by atoms with Crippen molar-refractivity contribution in [3.63, 3.8) is 0 Å². The summed E-state index contributed by atoms with van der Waals surface area (Å²) in [5.41, 5.74) is 26.1. The standard InChI is InChI=1S/C23H23N5O.H2N2/c24-20-6-1-2-7-21(20)28-22(29)13-12-16-8-10-17(11-9-16)15-27-19-5-3-4-18(14-19)23(25)26;1-2/h1-14,27H,15,24H2,(H3,25,26)(H,28,29);1-2H/b13-12+;. The molecule has 0 aliphatic carbocycles. The zero-order valence-corrected chi connectivity index (χ0v) is 16.9. The van der Waals surface area contributed by atoms with E-state index in [1.54, 1.807) is 24.3 Å². The molecular weight excluding hydrogens is 390 g/mol. The van der Waals surface area contributed by atoms with Crippen LogP contribution < -0.4 is 22.1 Å². The Morgan fingerprint density at radius 3 is 2.35 bits per heavy atom. The fourth-order valence-electron chi connectivity index (χ4n) is 2.70. The topological polar surface area (TPSA) is 165 Å². The molecule has 3 aromatic carbocycles. The van der Waals surface area contributed by atoms with Crippen molar-refractivity contribution < 1.29 is 4.79 Å². The molecule has 158 valence electrons. The number of hydrogen-bond donors (Lipinski definition) is 7. The van der Waals surface area contributed by atoms with Crippen molar-refractivity contribution in [2.45, 2.75) is 6.54 Å². The van der Waals surface area contributed by atoms with Crippen LogP contribution in [0.15, 0.2) is 78.9 Å². The summed E-state index contributed by atoms with van der Waals surface area (Å²) >= 11 is 0. The molecule has 0 fully saturated rings. The largest absolute Gasteiger partial charge is 0.397 e. The molecule has 9 N–H and O–H groups in total. The van der Waals surface area contributed by atoms with Crippen molar-refractivity contribution >= 4 is 34.9 Å². The Bertz CT molecular complexity index is 1060. The van der Waals surface area contributed by atoms with Gasteiger partial charge in [-0.1, -0.05) is 48.5 Å². The van der Waals surface area contributed by atoms with E-state index in [1.165, 1.54) is 6.08 Å². The molecule has 0 aliphatic heterocycles. The quantitative estimate of drug-likeness (QED) is 0.0999. The summed E-state index contributed by atoms with van der Waals surface area (Å²) in [5, 5.41) is 13.6. The zero-order chi connectivity index (χ0) is 22.6. The van der Waals surface area contributed by atoms with Crippen LogP contribution >= 0.6 is 0 Å². The van der Waals surface area contributed by atoms with Gasteiger partial charge in [0.25, 0.3) is 0 Å². The highest BCUT2D eigenvalue weighted by Crippen LogP contribution is 2.17. The third-order valence-electron chi connectivity index (χ3n) is 4.30. The first-order valence-corrected chi connectivity index (χ1v) is 9.37. The Labute approximate surface area is 180 Å². The van der Waals surface area contributed by atoms with Crippen LogP contribution in [0.1, 0.15) is 16.7 Å². The first kappa shape index (κ1) is 22.8. The minimum Gasteiger partial charge on any atom is -0.397 e. The van der Waals surface area contributed by atoms with Gasteiger partial charge in [0, 0.05) is 23.9 Å². The van der Waals surface area contributed by atoms with Crippen molar-refractivity contribution in [2.75, 3.05) is 16.4 Å². The molecule has 0 saturated heterocycles. The lowest BCUT2D eigenvalue weighted by atomic mass is 10.1. The van der Waals surface area contributed by atoms with Gasteiger partial charge in [-0.15, -0.1) is 0 Å². The Hall–Kier alpha value is -4.46. The van der Waals surface area contributed by atoms with Gasteiger partial charge in [-0.05, 0) is 41.5 Å². The number of amidine groups is 1. The van der Waals surface area contributed by atoms with E-state index in [0.29, 0.717) is 23.5 Å². The summed E-state index contributed by atoms with van der Waals surface area (Å²) in [6.45, 7) is 0.638. The molecule has 0 spiro atoms. The van der Waals surface area contributed by atoms with Crippen LogP contribution in [0.2, 0.25) is 0 Å². The molecular formula is C23H25N7O. The zero-order valence-electron chi connectivity index (χ0n) is 16.9. The normalized spacial score (nSPS) is 10.1. The summed E-state index contributed by atoms with van der Waals surface area (Å²) in [6.07, 6.45) is 3.23. The van der Waals surface area contributed by atoms with E-state index in [-0.39, 0.29) is 11.7 Å². The number of nitrogens with one attached hydrogen (secondary N) is 5. The van der Waals surface area contributed by atoms with Gasteiger partial charge < -0.3 is 22.1 Å². The Morgan fingerprint density at radius 2 is 1.68 bits per heavy atom. The van der Waals surface area contributed by atoms with Crippen LogP contribution in [0.5, 0.6) is 0 Å². The minimum atomic E-state index is -0.237. The first-order valence-electron chi connectivity index (χ1n) is 9.37. The summed E-state index contributed by atoms with van der Waals surface area (Å²) in [7, 11) is 0. The van der Waals surface area contributed by atoms with Crippen LogP contribution in [0.4, 0.5) is 17.1 Å². The Morgan fingerprint density at radius 1 is 0.968 bits per heavy atom. The maximum Gasteiger partial charge on any atom is 0.248 e. The van der Waals surface area contributed by atoms with Gasteiger partial charge in [0.15, 0.2) is 0 Å². The van der Waals surface area contributed by atoms with Gasteiger partial charge in [-0.3, -0.25) is 10.2 Å². The second-order valence-corrected chi connectivity index (χ2v) is 6.50. The van der Waals surface area contributed by atoms with E-state index < -0.39 is 0 Å². The van der Waals surface area contributed by atoms with Crippen molar-refractivity contribution in [3.8, 4) is 0 Å². The number of rotatable bonds is 7. The van der Waals surface area contributed by atoms with Crippen LogP contribution in [-0.4, -0.2) is 11.7 Å². The molecule has 0 atom stereocenters. The second-order valence-electron chi connectivity index (χ2n) is 6.50. The number of carbonyl (C=O) groups excluding carboxylic acids is 1. The highest BCUT2D eigenvalue weighted by molar-refractivity contribution is 6.03. The third kappa shape index (κ3) is 7.13. The SMILES string of the molecule is N=C(N)c1cccc(NCc2ccc(/C=C/C(=O)Nc3ccccc3N)cc2)c1.N=N. The van der Waals surface area contributed by atoms with Gasteiger partial charge >= 0.3 is 0 Å². The van der Waals surface area contributed by atoms with Gasteiger partial charge in [0.2, 0.25) is 5.91 Å². The predicted molar refractivity (Wildman–Crippen MR) is 125 cm³/mol. The van der Waals surface area contributed by atoms with E-state index in [2.05, 4.69) is 10.6 Å². The van der Waals surface area contributed by atoms with Gasteiger partial charge in [0.1, 0.15) is 5.84 Å². The maximum absolute atomic E-state index is 12.1. The second kappa shape index (κ2) is 11.5. The minimum absolute atomic E-state index is 0.0452. The van der Waals surface area contributed by atoms with E-state index in [9.17, 15) is 4.79 Å². The number of para-hydroxylation sites is 2. The fraction of sp³-hybridized carbons (Fsp3) is 0.0435. The number of nitrogen functional groups attached to an aromatic ring is 2. The van der Waals surface area contributed by atoms with Crippen molar-refractivity contribution in [3.05, 3.63) is 95.6 Å². The fourth-order valence-corrected chi connectivity index (χ4v) is 2.70. The average molecular weight is 416 g/mol. The predicted octanol–water partition coefficient (Wildman–Crippen LogP) is 4.41. The number of hydrogen-bond acceptors (Lipinski definition) is 6. The lowest BCUT2D eigenvalue weighted by Crippen LogP contribution is -2.11. The maximum atomic E-state index is 12.1. The summed E-state index contributed by atoms with van der Waals surface area (Å²) in [5.74, 6) is -0.192. The third-order valence-corrected chi connectivity index (χ3v) is 4.30. The summed E-state index contributed by atoms with van der Waals surface area (Å²) in [6, 6.07) is 22.5. The average Bonchev–Trinajstić information content (AvgIpc) is 2.80. The molecule has 1 amide bonds. The molecule has 0 unspecified atom stereocenters. The number of anilines is 3. The highest BCUT2D eigenvalue weighted by atomic mass is 16.1. The highest BCUT2D eigenvalue weighted by Gasteiger charge is 2.02. The lowest BCUT2D eigenvalue weighted by molar-refractivity contribution is -0.111. The van der Waals surface area contributed by atoms with Crippen molar-refractivity contribution in [1.82, 2.24) is 0 Å². The number of carbonyl (C=O) groups is 1. The monoisotopic (exact) mass is 415 g/mol. The van der Waals surface area contributed by atoms with Crippen LogP contribution in [0, 0.1) is 16.5 Å². The molecule has 3 aromatic rings. The van der Waals surface area contributed by atoms with Crippen molar-refractivity contribution in [2.24, 2.45) is 5.73 Å². The van der Waals surface area contributed by atoms with Gasteiger partial charge in [-0.2, -0.15) is 0 Å². The van der Waals surface area contributed by atoms with Crippen LogP contribution in [0.25, 0.3) is 6.08 Å². The van der Waals surface area contributed by atoms with Crippen LogP contribution in [0.3, 0.4) is 0 Å². The lowest BCUT2D eigenvalue weighted by Gasteiger charge is -2.08. The molecule has 0 radical (unpaired) electrons. The van der Waals surface area contributed by atoms with E-state index >= 15 is 0 Å². The summed E-state index contributed by atoms with van der Waals surface area (Å²) in [4.78, 5) is 12.1. The Kier molecular flexibility index (Phi) is 8.48. The number of nitrogens with two attached hydrogens (primary N) is 2. The molecule has 0 saturated carbocycles. The van der Waals surface area contributed by atoms with E-state index in [1.807, 2.05) is 54.6 Å².